The molecular formula is C24H12Cl2N2O10S2. The van der Waals surface area contributed by atoms with E-state index in [2.05, 4.69) is 0 Å². The van der Waals surface area contributed by atoms with Crippen molar-refractivity contribution in [2.45, 2.75) is 0 Å². The Labute approximate surface area is 234 Å². The van der Waals surface area contributed by atoms with E-state index in [4.69, 9.17) is 23.2 Å². The molecule has 0 saturated heterocycles. The van der Waals surface area contributed by atoms with Crippen LogP contribution in [-0.4, -0.2) is 53.5 Å². The van der Waals surface area contributed by atoms with Gasteiger partial charge in [0, 0.05) is 31.6 Å². The van der Waals surface area contributed by atoms with Gasteiger partial charge in [-0.1, -0.05) is 23.2 Å². The van der Waals surface area contributed by atoms with Crippen LogP contribution in [0.4, 0.5) is 0 Å². The summed E-state index contributed by atoms with van der Waals surface area (Å²) >= 11 is 8.86. The molecule has 0 aliphatic rings. The van der Waals surface area contributed by atoms with Crippen LogP contribution < -0.4 is 10.9 Å². The van der Waals surface area contributed by atoms with Gasteiger partial charge in [0.15, 0.2) is 16.6 Å². The first-order valence-electron chi connectivity index (χ1n) is 10.8. The van der Waals surface area contributed by atoms with Crippen molar-refractivity contribution in [2.75, 3.05) is 5.75 Å². The molecule has 0 aliphatic heterocycles. The van der Waals surface area contributed by atoms with Crippen LogP contribution >= 0.6 is 23.2 Å². The second-order valence-electron chi connectivity index (χ2n) is 8.50. The second-order valence-corrected chi connectivity index (χ2v) is 11.7. The number of rotatable bonds is 2. The highest BCUT2D eigenvalue weighted by molar-refractivity contribution is 7.97. The minimum Gasteiger partial charge on any atom is -0.300 e. The van der Waals surface area contributed by atoms with Gasteiger partial charge in [0.25, 0.3) is 10.1 Å². The third kappa shape index (κ3) is 4.54. The molecule has 5 aromatic rings. The largest absolute Gasteiger partial charge is 0.334 e. The molecule has 3 aromatic carbocycles. The number of benzene rings is 3. The lowest BCUT2D eigenvalue weighted by atomic mass is 10.0. The van der Waals surface area contributed by atoms with Crippen molar-refractivity contribution in [3.63, 3.8) is 0 Å². The molecule has 1 unspecified atom stereocenters. The Bertz CT molecular complexity index is 2270. The Hall–Kier alpha value is -3.79. The van der Waals surface area contributed by atoms with Gasteiger partial charge in [-0.2, -0.15) is 8.42 Å². The fourth-order valence-electron chi connectivity index (χ4n) is 4.50. The van der Waals surface area contributed by atoms with Crippen molar-refractivity contribution in [1.82, 2.24) is 9.13 Å². The van der Waals surface area contributed by atoms with E-state index in [9.17, 15) is 45.7 Å². The highest BCUT2D eigenvalue weighted by Crippen LogP contribution is 2.28. The lowest BCUT2D eigenvalue weighted by Crippen LogP contribution is -2.28. The van der Waals surface area contributed by atoms with Gasteiger partial charge < -0.3 is 0 Å². The van der Waals surface area contributed by atoms with Crippen LogP contribution in [0, 0.1) is 0 Å². The van der Waals surface area contributed by atoms with Gasteiger partial charge in [0.05, 0.1) is 22.1 Å². The van der Waals surface area contributed by atoms with Crippen molar-refractivity contribution in [3.8, 4) is 0 Å². The summed E-state index contributed by atoms with van der Waals surface area (Å²) in [6.07, 6.45) is 0. The van der Waals surface area contributed by atoms with Crippen LogP contribution in [0.3, 0.4) is 0 Å². The average molecular weight is 623 g/mol. The van der Waals surface area contributed by atoms with E-state index in [1.54, 1.807) is 0 Å². The van der Waals surface area contributed by atoms with Crippen molar-refractivity contribution < 1.29 is 36.1 Å². The van der Waals surface area contributed by atoms with Crippen molar-refractivity contribution >= 4 is 105 Å². The van der Waals surface area contributed by atoms with Gasteiger partial charge in [0.2, 0.25) is 17.0 Å². The summed E-state index contributed by atoms with van der Waals surface area (Å²) in [7, 11) is -4.84. The summed E-state index contributed by atoms with van der Waals surface area (Å²) in [5.74, 6) is -4.08. The summed E-state index contributed by atoms with van der Waals surface area (Å²) in [5.41, 5.74) is -2.37. The average Bonchev–Trinajstić information content (AvgIpc) is 2.87. The number of carbonyl (C=O) groups excluding carboxylic acids is 3. The number of hydrogen-bond donors (Lipinski definition) is 2. The predicted molar refractivity (Wildman–Crippen MR) is 148 cm³/mol. The molecule has 0 saturated carbocycles. The number of fused-ring (bicyclic) bond motifs is 4. The molecule has 1 atom stereocenters. The fourth-order valence-corrected chi connectivity index (χ4v) is 5.53. The summed E-state index contributed by atoms with van der Waals surface area (Å²) < 4.78 is 54.6. The van der Waals surface area contributed by atoms with Gasteiger partial charge in [-0.15, -0.1) is 0 Å². The number of halogens is 2. The van der Waals surface area contributed by atoms with E-state index >= 15 is 0 Å². The normalized spacial score (nSPS) is 12.8. The van der Waals surface area contributed by atoms with E-state index in [-0.39, 0.29) is 53.7 Å². The molecule has 0 fully saturated rings. The Morgan fingerprint density at radius 2 is 1.18 bits per heavy atom. The first-order valence-corrected chi connectivity index (χ1v) is 14.3. The van der Waals surface area contributed by atoms with Gasteiger partial charge in [0.1, 0.15) is 0 Å². The standard InChI is InChI=1S/C24H12Cl2N2O10S2/c25-10-1-3-16-12(5-10)21(30)14-8-19-15(7-18(14)27(16)20(29)9-40(36,37)38)22(31)13-6-11(26)2-4-17(13)28(19)23(32)24(33)39(34)35/h1-8H,9H2,(H,34,35)(H,36,37,38). The molecule has 5 rings (SSSR count). The van der Waals surface area contributed by atoms with Crippen LogP contribution in [-0.2, 0) is 26.0 Å². The number of aromatic nitrogens is 2. The van der Waals surface area contributed by atoms with Gasteiger partial charge in [-0.05, 0) is 48.5 Å². The molecule has 0 aliphatic carbocycles. The molecule has 204 valence electrons. The van der Waals surface area contributed by atoms with Crippen molar-refractivity contribution in [3.05, 3.63) is 79.0 Å². The Morgan fingerprint density at radius 1 is 0.750 bits per heavy atom. The highest BCUT2D eigenvalue weighted by atomic mass is 35.5. The van der Waals surface area contributed by atoms with E-state index in [0.29, 0.717) is 4.57 Å². The van der Waals surface area contributed by atoms with Gasteiger partial charge in [-0.3, -0.25) is 42.2 Å². The lowest BCUT2D eigenvalue weighted by molar-refractivity contribution is -0.108. The molecule has 12 nitrogen and oxygen atoms in total. The topological polar surface area (TPSA) is 187 Å². The smallest absolute Gasteiger partial charge is 0.300 e. The van der Waals surface area contributed by atoms with Crippen molar-refractivity contribution in [2.24, 2.45) is 0 Å². The molecule has 0 bridgehead atoms. The monoisotopic (exact) mass is 622 g/mol. The first-order chi connectivity index (χ1) is 18.7. The molecule has 0 amide bonds. The molecule has 2 aromatic heterocycles. The minimum absolute atomic E-state index is 0.0731. The summed E-state index contributed by atoms with van der Waals surface area (Å²) in [6, 6.07) is 9.57. The Morgan fingerprint density at radius 3 is 1.62 bits per heavy atom. The first kappa shape index (κ1) is 27.8. The molecule has 2 heterocycles. The molecular weight excluding hydrogens is 611 g/mol. The zero-order valence-corrected chi connectivity index (χ0v) is 22.6. The van der Waals surface area contributed by atoms with E-state index in [0.717, 1.165) is 16.7 Å². The fraction of sp³-hybridized carbons (Fsp3) is 0.0417. The summed E-state index contributed by atoms with van der Waals surface area (Å²) in [4.78, 5) is 65.6. The second kappa shape index (κ2) is 9.69. The summed E-state index contributed by atoms with van der Waals surface area (Å²) in [5, 5.41) is -2.54. The van der Waals surface area contributed by atoms with Crippen LogP contribution in [0.2, 0.25) is 10.0 Å². The third-order valence-electron chi connectivity index (χ3n) is 6.06. The van der Waals surface area contributed by atoms with Crippen LogP contribution in [0.1, 0.15) is 9.59 Å². The van der Waals surface area contributed by atoms with Crippen LogP contribution in [0.5, 0.6) is 0 Å². The molecule has 16 heteroatoms. The SMILES string of the molecule is O=C(CS(=O)(=O)O)n1c2ccc(Cl)cc2c(=O)c2cc3c(cc21)c(=O)c1cc(Cl)ccc1n3C(=O)C(=O)S(=O)O. The van der Waals surface area contributed by atoms with E-state index in [1.165, 1.54) is 36.4 Å². The Kier molecular flexibility index (Phi) is 6.73. The third-order valence-corrected chi connectivity index (χ3v) is 7.64. The van der Waals surface area contributed by atoms with E-state index in [1.807, 2.05) is 0 Å². The number of pyridine rings is 2. The maximum atomic E-state index is 13.6. The number of nitrogens with zero attached hydrogens (tertiary/aromatic N) is 2. The van der Waals surface area contributed by atoms with Crippen LogP contribution in [0.15, 0.2) is 58.1 Å². The molecule has 0 radical (unpaired) electrons. The highest BCUT2D eigenvalue weighted by Gasteiger charge is 2.27. The molecule has 40 heavy (non-hydrogen) atoms. The van der Waals surface area contributed by atoms with Gasteiger partial charge in [-0.25, -0.2) is 4.21 Å². The van der Waals surface area contributed by atoms with E-state index < -0.39 is 54.7 Å². The number of hydrogen-bond acceptors (Lipinski definition) is 8. The Balaban J connectivity index is 2.07. The maximum Gasteiger partial charge on any atom is 0.334 e. The maximum absolute atomic E-state index is 13.6. The van der Waals surface area contributed by atoms with Crippen LogP contribution in [0.25, 0.3) is 43.6 Å². The minimum atomic E-state index is -4.84. The predicted octanol–water partition coefficient (Wildman–Crippen LogP) is 2.85. The zero-order chi connectivity index (χ0) is 29.3. The quantitative estimate of drug-likeness (QED) is 0.128. The van der Waals surface area contributed by atoms with Crippen molar-refractivity contribution in [1.29, 1.82) is 0 Å². The summed E-state index contributed by atoms with van der Waals surface area (Å²) in [6.45, 7) is 0. The molecule has 2 N–H and O–H groups in total. The zero-order valence-electron chi connectivity index (χ0n) is 19.5. The molecule has 0 spiro atoms. The van der Waals surface area contributed by atoms with Gasteiger partial charge >= 0.3 is 11.0 Å². The lowest BCUT2D eigenvalue weighted by Gasteiger charge is -2.17. The number of carbonyl (C=O) groups is 3.